The van der Waals surface area contributed by atoms with Crippen LogP contribution in [0.4, 0.5) is 16.2 Å². The number of aryl methyl sites for hydroxylation is 2. The average molecular weight is 407 g/mol. The van der Waals surface area contributed by atoms with Crippen LogP contribution in [0, 0.1) is 6.92 Å². The van der Waals surface area contributed by atoms with Crippen LogP contribution in [0.1, 0.15) is 31.7 Å². The van der Waals surface area contributed by atoms with Gasteiger partial charge in [0.1, 0.15) is 0 Å². The Bertz CT molecular complexity index is 1010. The smallest absolute Gasteiger partial charge is 0.319 e. The van der Waals surface area contributed by atoms with Crippen LogP contribution in [0.3, 0.4) is 0 Å². The third-order valence-corrected chi connectivity index (χ3v) is 4.20. The minimum atomic E-state index is -0.332. The topological polar surface area (TPSA) is 109 Å². The quantitative estimate of drug-likeness (QED) is 0.545. The lowest BCUT2D eigenvalue weighted by atomic mass is 10.1. The lowest BCUT2D eigenvalue weighted by Gasteiger charge is -2.14. The summed E-state index contributed by atoms with van der Waals surface area (Å²) in [5, 5.41) is 16.4. The lowest BCUT2D eigenvalue weighted by Crippen LogP contribution is -2.34. The van der Waals surface area contributed by atoms with Gasteiger partial charge in [-0.25, -0.2) is 4.79 Å². The standard InChI is InChI=1S/C22H25N5O3/c1-14(2)23-22(29)25-18-7-5-4-6-17(18)24-19(28)12-13-20-26-27-21(30-20)16-10-8-15(3)9-11-16/h4-11,14H,12-13H2,1-3H3,(H,24,28)(H2,23,25,29). The van der Waals surface area contributed by atoms with Gasteiger partial charge in [0.2, 0.25) is 17.7 Å². The Hall–Kier alpha value is -3.68. The monoisotopic (exact) mass is 407 g/mol. The summed E-state index contributed by atoms with van der Waals surface area (Å²) in [5.41, 5.74) is 3.02. The van der Waals surface area contributed by atoms with Crippen molar-refractivity contribution in [2.24, 2.45) is 0 Å². The van der Waals surface area contributed by atoms with Crippen LogP contribution in [-0.2, 0) is 11.2 Å². The molecule has 0 radical (unpaired) electrons. The first-order chi connectivity index (χ1) is 14.4. The van der Waals surface area contributed by atoms with Crippen molar-refractivity contribution < 1.29 is 14.0 Å². The Morgan fingerprint density at radius 3 is 2.30 bits per heavy atom. The second-order valence-electron chi connectivity index (χ2n) is 7.21. The van der Waals surface area contributed by atoms with Crippen LogP contribution in [0.5, 0.6) is 0 Å². The summed E-state index contributed by atoms with van der Waals surface area (Å²) < 4.78 is 5.66. The van der Waals surface area contributed by atoms with Crippen molar-refractivity contribution in [3.05, 3.63) is 60.0 Å². The van der Waals surface area contributed by atoms with E-state index in [0.29, 0.717) is 29.6 Å². The SMILES string of the molecule is Cc1ccc(-c2nnc(CCC(=O)Nc3ccccc3NC(=O)NC(C)C)o2)cc1. The first-order valence-corrected chi connectivity index (χ1v) is 9.76. The largest absolute Gasteiger partial charge is 0.421 e. The third-order valence-electron chi connectivity index (χ3n) is 4.20. The predicted octanol–water partition coefficient (Wildman–Crippen LogP) is 4.15. The van der Waals surface area contributed by atoms with E-state index in [4.69, 9.17) is 4.42 Å². The summed E-state index contributed by atoms with van der Waals surface area (Å²) in [6.45, 7) is 5.75. The van der Waals surface area contributed by atoms with Gasteiger partial charge in [0.15, 0.2) is 0 Å². The van der Waals surface area contributed by atoms with Crippen LogP contribution in [0.2, 0.25) is 0 Å². The molecule has 3 rings (SSSR count). The van der Waals surface area contributed by atoms with Gasteiger partial charge in [0.25, 0.3) is 0 Å². The second kappa shape index (κ2) is 9.69. The van der Waals surface area contributed by atoms with Gasteiger partial charge in [-0.05, 0) is 45.0 Å². The number of para-hydroxylation sites is 2. The summed E-state index contributed by atoms with van der Waals surface area (Å²) in [4.78, 5) is 24.3. The number of anilines is 2. The Balaban J connectivity index is 1.56. The number of nitrogens with one attached hydrogen (secondary N) is 3. The number of amides is 3. The number of rotatable bonds is 7. The number of urea groups is 1. The number of nitrogens with zero attached hydrogens (tertiary/aromatic N) is 2. The molecule has 3 amide bonds. The molecule has 1 heterocycles. The molecule has 0 saturated carbocycles. The van der Waals surface area contributed by atoms with E-state index < -0.39 is 0 Å². The molecule has 0 bridgehead atoms. The van der Waals surface area contributed by atoms with Crippen molar-refractivity contribution in [1.82, 2.24) is 15.5 Å². The van der Waals surface area contributed by atoms with E-state index in [2.05, 4.69) is 26.1 Å². The van der Waals surface area contributed by atoms with E-state index in [1.165, 1.54) is 0 Å². The summed E-state index contributed by atoms with van der Waals surface area (Å²) in [6.07, 6.45) is 0.482. The van der Waals surface area contributed by atoms with Crippen LogP contribution >= 0.6 is 0 Å². The second-order valence-corrected chi connectivity index (χ2v) is 7.21. The number of hydrogen-bond acceptors (Lipinski definition) is 5. The fourth-order valence-electron chi connectivity index (χ4n) is 2.72. The summed E-state index contributed by atoms with van der Waals surface area (Å²) in [5.74, 6) is 0.600. The highest BCUT2D eigenvalue weighted by Gasteiger charge is 2.13. The maximum Gasteiger partial charge on any atom is 0.319 e. The Labute approximate surface area is 175 Å². The van der Waals surface area contributed by atoms with E-state index >= 15 is 0 Å². The van der Waals surface area contributed by atoms with Crippen molar-refractivity contribution >= 4 is 23.3 Å². The zero-order valence-electron chi connectivity index (χ0n) is 17.2. The molecule has 0 atom stereocenters. The molecular weight excluding hydrogens is 382 g/mol. The highest BCUT2D eigenvalue weighted by molar-refractivity contribution is 5.99. The predicted molar refractivity (Wildman–Crippen MR) is 115 cm³/mol. The van der Waals surface area contributed by atoms with E-state index in [-0.39, 0.29) is 24.4 Å². The maximum absolute atomic E-state index is 12.4. The van der Waals surface area contributed by atoms with Crippen LogP contribution < -0.4 is 16.0 Å². The first kappa shape index (κ1) is 21.0. The zero-order chi connectivity index (χ0) is 21.5. The normalized spacial score (nSPS) is 10.7. The molecular formula is C22H25N5O3. The van der Waals surface area contributed by atoms with Gasteiger partial charge >= 0.3 is 6.03 Å². The third kappa shape index (κ3) is 5.91. The maximum atomic E-state index is 12.4. The number of carbonyl (C=O) groups is 2. The van der Waals surface area contributed by atoms with Gasteiger partial charge in [0, 0.05) is 24.4 Å². The van der Waals surface area contributed by atoms with E-state index in [9.17, 15) is 9.59 Å². The van der Waals surface area contributed by atoms with E-state index in [1.54, 1.807) is 24.3 Å². The highest BCUT2D eigenvalue weighted by Crippen LogP contribution is 2.22. The van der Waals surface area contributed by atoms with Crippen LogP contribution in [0.25, 0.3) is 11.5 Å². The van der Waals surface area contributed by atoms with Crippen LogP contribution in [0.15, 0.2) is 52.9 Å². The van der Waals surface area contributed by atoms with Gasteiger partial charge in [-0.3, -0.25) is 4.79 Å². The van der Waals surface area contributed by atoms with Crippen molar-refractivity contribution in [1.29, 1.82) is 0 Å². The molecule has 1 aromatic heterocycles. The molecule has 30 heavy (non-hydrogen) atoms. The minimum absolute atomic E-state index is 0.00552. The van der Waals surface area contributed by atoms with Crippen LogP contribution in [-0.4, -0.2) is 28.2 Å². The molecule has 0 spiro atoms. The summed E-state index contributed by atoms with van der Waals surface area (Å²) >= 11 is 0. The molecule has 0 aliphatic rings. The van der Waals surface area contributed by atoms with Crippen molar-refractivity contribution in [2.45, 2.75) is 39.7 Å². The molecule has 156 valence electrons. The Morgan fingerprint density at radius 2 is 1.63 bits per heavy atom. The van der Waals surface area contributed by atoms with E-state index in [1.807, 2.05) is 45.0 Å². The number of benzene rings is 2. The molecule has 3 aromatic rings. The van der Waals surface area contributed by atoms with Gasteiger partial charge in [-0.2, -0.15) is 0 Å². The highest BCUT2D eigenvalue weighted by atomic mass is 16.4. The first-order valence-electron chi connectivity index (χ1n) is 9.76. The zero-order valence-corrected chi connectivity index (χ0v) is 17.2. The van der Waals surface area contributed by atoms with E-state index in [0.717, 1.165) is 11.1 Å². The molecule has 0 aliphatic heterocycles. The molecule has 8 heteroatoms. The Morgan fingerprint density at radius 1 is 0.967 bits per heavy atom. The molecule has 3 N–H and O–H groups in total. The molecule has 8 nitrogen and oxygen atoms in total. The molecule has 0 unspecified atom stereocenters. The number of carbonyl (C=O) groups excluding carboxylic acids is 2. The minimum Gasteiger partial charge on any atom is -0.421 e. The molecule has 0 aliphatic carbocycles. The van der Waals surface area contributed by atoms with Gasteiger partial charge in [-0.1, -0.05) is 29.8 Å². The summed E-state index contributed by atoms with van der Waals surface area (Å²) in [6, 6.07) is 14.5. The fraction of sp³-hybridized carbons (Fsp3) is 0.273. The number of aromatic nitrogens is 2. The fourth-order valence-corrected chi connectivity index (χ4v) is 2.72. The molecule has 0 fully saturated rings. The summed E-state index contributed by atoms with van der Waals surface area (Å²) in [7, 11) is 0. The van der Waals surface area contributed by atoms with Gasteiger partial charge in [0.05, 0.1) is 11.4 Å². The molecule has 2 aromatic carbocycles. The average Bonchev–Trinajstić information content (AvgIpc) is 3.17. The Kier molecular flexibility index (Phi) is 6.79. The molecule has 0 saturated heterocycles. The van der Waals surface area contributed by atoms with Crippen molar-refractivity contribution in [3.8, 4) is 11.5 Å². The lowest BCUT2D eigenvalue weighted by molar-refractivity contribution is -0.116. The van der Waals surface area contributed by atoms with Crippen molar-refractivity contribution in [2.75, 3.05) is 10.6 Å². The van der Waals surface area contributed by atoms with Gasteiger partial charge < -0.3 is 20.4 Å². The van der Waals surface area contributed by atoms with Gasteiger partial charge in [-0.15, -0.1) is 10.2 Å². The van der Waals surface area contributed by atoms with Crippen molar-refractivity contribution in [3.63, 3.8) is 0 Å². The number of hydrogen-bond donors (Lipinski definition) is 3.